The highest BCUT2D eigenvalue weighted by molar-refractivity contribution is 5.94. The summed E-state index contributed by atoms with van der Waals surface area (Å²) in [6.07, 6.45) is 6.37. The van der Waals surface area contributed by atoms with Gasteiger partial charge in [-0.3, -0.25) is 4.90 Å². The van der Waals surface area contributed by atoms with Gasteiger partial charge >= 0.3 is 6.03 Å². The first-order valence-electron chi connectivity index (χ1n) is 6.99. The number of carbonyl (C=O) groups excluding carboxylic acids is 1. The maximum atomic E-state index is 11.6. The first-order chi connectivity index (χ1) is 10.1. The third kappa shape index (κ3) is 4.07. The molecule has 1 aliphatic heterocycles. The highest BCUT2D eigenvalue weighted by Gasteiger charge is 2.22. The lowest BCUT2D eigenvalue weighted by molar-refractivity contribution is 0.216. The molecule has 0 fully saturated rings. The van der Waals surface area contributed by atoms with Crippen molar-refractivity contribution in [2.75, 3.05) is 4.90 Å². The number of nitrogens with two attached hydrogens (primary N) is 1. The number of urea groups is 1. The lowest BCUT2D eigenvalue weighted by Crippen LogP contribution is -2.31. The summed E-state index contributed by atoms with van der Waals surface area (Å²) in [6.45, 7) is 7.59. The average Bonchev–Trinajstić information content (AvgIpc) is 2.63. The van der Waals surface area contributed by atoms with E-state index in [1.165, 1.54) is 4.90 Å². The van der Waals surface area contributed by atoms with E-state index in [0.717, 1.165) is 5.56 Å². The van der Waals surface area contributed by atoms with Crippen molar-refractivity contribution in [3.8, 4) is 0 Å². The SMILES string of the molecule is C=C/C=C\C1=CN(C(N)=O)c2ccccc2CC1O.CC. The second-order valence-corrected chi connectivity index (χ2v) is 4.28. The van der Waals surface area contributed by atoms with E-state index in [9.17, 15) is 9.90 Å². The molecule has 1 heterocycles. The second-order valence-electron chi connectivity index (χ2n) is 4.28. The Bertz CT molecular complexity index is 562. The van der Waals surface area contributed by atoms with Gasteiger partial charge in [0.2, 0.25) is 0 Å². The third-order valence-corrected chi connectivity index (χ3v) is 2.99. The van der Waals surface area contributed by atoms with Gasteiger partial charge in [0.05, 0.1) is 11.8 Å². The van der Waals surface area contributed by atoms with Gasteiger partial charge in [-0.25, -0.2) is 4.79 Å². The molecular weight excluding hydrogens is 264 g/mol. The molecular formula is C17H22N2O2. The number of primary amides is 1. The van der Waals surface area contributed by atoms with Crippen molar-refractivity contribution in [3.05, 3.63) is 66.4 Å². The number of benzene rings is 1. The molecule has 0 bridgehead atoms. The van der Waals surface area contributed by atoms with Crippen molar-refractivity contribution < 1.29 is 9.90 Å². The van der Waals surface area contributed by atoms with Crippen LogP contribution >= 0.6 is 0 Å². The highest BCUT2D eigenvalue weighted by atomic mass is 16.3. The van der Waals surface area contributed by atoms with Gasteiger partial charge in [-0.05, 0) is 17.2 Å². The summed E-state index contributed by atoms with van der Waals surface area (Å²) >= 11 is 0. The third-order valence-electron chi connectivity index (χ3n) is 2.99. The van der Waals surface area contributed by atoms with Crippen LogP contribution in [0, 0.1) is 0 Å². The number of allylic oxidation sites excluding steroid dienone is 2. The Labute approximate surface area is 125 Å². The van der Waals surface area contributed by atoms with Crippen molar-refractivity contribution in [2.45, 2.75) is 26.4 Å². The van der Waals surface area contributed by atoms with Crippen LogP contribution in [0.5, 0.6) is 0 Å². The van der Waals surface area contributed by atoms with Gasteiger partial charge in [0.25, 0.3) is 0 Å². The molecule has 1 atom stereocenters. The predicted octanol–water partition coefficient (Wildman–Crippen LogP) is 3.14. The molecule has 1 aromatic carbocycles. The number of carbonyl (C=O) groups is 1. The van der Waals surface area contributed by atoms with Crippen molar-refractivity contribution >= 4 is 11.7 Å². The van der Waals surface area contributed by atoms with Crippen molar-refractivity contribution in [3.63, 3.8) is 0 Å². The number of fused-ring (bicyclic) bond motifs is 1. The Morgan fingerprint density at radius 1 is 1.43 bits per heavy atom. The topological polar surface area (TPSA) is 66.6 Å². The molecule has 0 aromatic heterocycles. The minimum absolute atomic E-state index is 0.438. The van der Waals surface area contributed by atoms with E-state index < -0.39 is 12.1 Å². The molecule has 112 valence electrons. The van der Waals surface area contributed by atoms with Gasteiger partial charge < -0.3 is 10.8 Å². The molecule has 0 saturated carbocycles. The fourth-order valence-electron chi connectivity index (χ4n) is 2.06. The zero-order valence-corrected chi connectivity index (χ0v) is 12.5. The quantitative estimate of drug-likeness (QED) is 0.820. The molecule has 0 radical (unpaired) electrons. The van der Waals surface area contributed by atoms with Crippen molar-refractivity contribution in [1.29, 1.82) is 0 Å². The van der Waals surface area contributed by atoms with Crippen LogP contribution in [0.15, 0.2) is 60.8 Å². The summed E-state index contributed by atoms with van der Waals surface area (Å²) in [6, 6.07) is 6.81. The molecule has 0 saturated heterocycles. The first-order valence-corrected chi connectivity index (χ1v) is 6.99. The maximum Gasteiger partial charge on any atom is 0.323 e. The predicted molar refractivity (Wildman–Crippen MR) is 87.0 cm³/mol. The van der Waals surface area contributed by atoms with Gasteiger partial charge in [0, 0.05) is 12.6 Å². The Kier molecular flexibility index (Phi) is 6.43. The van der Waals surface area contributed by atoms with E-state index in [1.54, 1.807) is 24.4 Å². The van der Waals surface area contributed by atoms with E-state index in [4.69, 9.17) is 5.73 Å². The van der Waals surface area contributed by atoms with Gasteiger partial charge in [-0.15, -0.1) is 0 Å². The van der Waals surface area contributed by atoms with E-state index in [1.807, 2.05) is 38.1 Å². The molecule has 21 heavy (non-hydrogen) atoms. The zero-order chi connectivity index (χ0) is 15.8. The molecule has 0 aliphatic carbocycles. The molecule has 1 aromatic rings. The highest BCUT2D eigenvalue weighted by Crippen LogP contribution is 2.28. The lowest BCUT2D eigenvalue weighted by Gasteiger charge is -2.17. The number of nitrogens with zero attached hydrogens (tertiary/aromatic N) is 1. The van der Waals surface area contributed by atoms with Crippen molar-refractivity contribution in [1.82, 2.24) is 0 Å². The first kappa shape index (κ1) is 16.7. The van der Waals surface area contributed by atoms with Gasteiger partial charge in [-0.2, -0.15) is 0 Å². The lowest BCUT2D eigenvalue weighted by atomic mass is 10.0. The van der Waals surface area contributed by atoms with E-state index in [2.05, 4.69) is 6.58 Å². The summed E-state index contributed by atoms with van der Waals surface area (Å²) in [5.41, 5.74) is 7.61. The molecule has 2 amide bonds. The van der Waals surface area contributed by atoms with Crippen molar-refractivity contribution in [2.24, 2.45) is 5.73 Å². The number of amides is 2. The van der Waals surface area contributed by atoms with Crippen LogP contribution in [0.4, 0.5) is 10.5 Å². The van der Waals surface area contributed by atoms with E-state index in [-0.39, 0.29) is 0 Å². The van der Waals surface area contributed by atoms with E-state index >= 15 is 0 Å². The summed E-state index contributed by atoms with van der Waals surface area (Å²) < 4.78 is 0. The number of aliphatic hydroxyl groups excluding tert-OH is 1. The molecule has 1 aliphatic rings. The number of para-hydroxylation sites is 1. The minimum Gasteiger partial charge on any atom is -0.388 e. The van der Waals surface area contributed by atoms with Crippen LogP contribution in [-0.4, -0.2) is 17.2 Å². The van der Waals surface area contributed by atoms with Crippen LogP contribution in [0.1, 0.15) is 19.4 Å². The molecule has 4 heteroatoms. The van der Waals surface area contributed by atoms with Gasteiger partial charge in [0.15, 0.2) is 0 Å². The maximum absolute atomic E-state index is 11.6. The molecule has 4 nitrogen and oxygen atoms in total. The van der Waals surface area contributed by atoms with Crippen LogP contribution in [0.2, 0.25) is 0 Å². The average molecular weight is 286 g/mol. The Morgan fingerprint density at radius 3 is 2.71 bits per heavy atom. The summed E-state index contributed by atoms with van der Waals surface area (Å²) in [5.74, 6) is 0. The minimum atomic E-state index is -0.679. The molecule has 0 spiro atoms. The molecule has 1 unspecified atom stereocenters. The zero-order valence-electron chi connectivity index (χ0n) is 12.5. The van der Waals surface area contributed by atoms with Gasteiger partial charge in [-0.1, -0.05) is 56.9 Å². The Morgan fingerprint density at radius 2 is 2.10 bits per heavy atom. The van der Waals surface area contributed by atoms with Crippen LogP contribution in [0.25, 0.3) is 0 Å². The fraction of sp³-hybridized carbons (Fsp3) is 0.235. The number of anilines is 1. The number of rotatable bonds is 2. The van der Waals surface area contributed by atoms with Crippen LogP contribution in [-0.2, 0) is 6.42 Å². The number of hydrogen-bond acceptors (Lipinski definition) is 2. The second kappa shape index (κ2) is 8.07. The standard InChI is InChI=1S/C15H16N2O2.C2H6/c1-2-3-6-12-10-17(15(16)19)13-8-5-4-7-11(13)9-14(12)18;1-2/h2-8,10,14,18H,1,9H2,(H2,16,19);1-2H3/b6-3-;. The smallest absolute Gasteiger partial charge is 0.323 e. The Hall–Kier alpha value is -2.33. The largest absolute Gasteiger partial charge is 0.388 e. The normalized spacial score (nSPS) is 17.2. The summed E-state index contributed by atoms with van der Waals surface area (Å²) in [4.78, 5) is 12.9. The van der Waals surface area contributed by atoms with Crippen LogP contribution in [0.3, 0.4) is 0 Å². The van der Waals surface area contributed by atoms with Crippen LogP contribution < -0.4 is 10.6 Å². The molecule has 2 rings (SSSR count). The van der Waals surface area contributed by atoms with E-state index in [0.29, 0.717) is 17.7 Å². The summed E-state index contributed by atoms with van der Waals surface area (Å²) in [5, 5.41) is 10.2. The van der Waals surface area contributed by atoms with Gasteiger partial charge in [0.1, 0.15) is 0 Å². The Balaban J connectivity index is 0.00000106. The number of hydrogen-bond donors (Lipinski definition) is 2. The monoisotopic (exact) mass is 286 g/mol. The summed E-state index contributed by atoms with van der Waals surface area (Å²) in [7, 11) is 0. The number of aliphatic hydroxyl groups is 1. The fourth-order valence-corrected chi connectivity index (χ4v) is 2.06. The molecule has 3 N–H and O–H groups in total.